The van der Waals surface area contributed by atoms with Crippen LogP contribution in [0.2, 0.25) is 0 Å². The molecule has 1 heterocycles. The number of benzene rings is 1. The van der Waals surface area contributed by atoms with Crippen LogP contribution in [-0.2, 0) is 16.1 Å². The maximum atomic E-state index is 11.8. The van der Waals surface area contributed by atoms with Crippen LogP contribution in [0.4, 0.5) is 0 Å². The molecule has 2 rings (SSSR count). The molecule has 0 aromatic heterocycles. The number of amides is 1. The van der Waals surface area contributed by atoms with Gasteiger partial charge in [0, 0.05) is 26.7 Å². The van der Waals surface area contributed by atoms with Crippen molar-refractivity contribution in [3.63, 3.8) is 0 Å². The fourth-order valence-corrected chi connectivity index (χ4v) is 2.67. The van der Waals surface area contributed by atoms with Crippen LogP contribution in [0.25, 0.3) is 0 Å². The zero-order valence-corrected chi connectivity index (χ0v) is 14.4. The van der Waals surface area contributed by atoms with E-state index in [0.717, 1.165) is 37.2 Å². The molecule has 1 aliphatic heterocycles. The molecule has 0 aliphatic carbocycles. The van der Waals surface area contributed by atoms with E-state index in [0.29, 0.717) is 19.3 Å². The van der Waals surface area contributed by atoms with Crippen LogP contribution in [0.3, 0.4) is 0 Å². The molecule has 1 aromatic carbocycles. The van der Waals surface area contributed by atoms with Crippen LogP contribution in [-0.4, -0.2) is 50.8 Å². The van der Waals surface area contributed by atoms with E-state index in [1.54, 1.807) is 7.11 Å². The molecule has 23 heavy (non-hydrogen) atoms. The van der Waals surface area contributed by atoms with Gasteiger partial charge in [0.2, 0.25) is 5.91 Å². The van der Waals surface area contributed by atoms with Crippen molar-refractivity contribution in [3.8, 4) is 5.75 Å². The minimum Gasteiger partial charge on any atom is -0.490 e. The smallest absolute Gasteiger partial charge is 0.225 e. The Labute approximate surface area is 139 Å². The van der Waals surface area contributed by atoms with Crippen LogP contribution >= 0.6 is 0 Å². The Morgan fingerprint density at radius 2 is 1.96 bits per heavy atom. The zero-order valence-electron chi connectivity index (χ0n) is 14.4. The molecule has 1 fully saturated rings. The Kier molecular flexibility index (Phi) is 6.86. The second-order valence-electron chi connectivity index (χ2n) is 6.34. The van der Waals surface area contributed by atoms with E-state index in [-0.39, 0.29) is 11.8 Å². The summed E-state index contributed by atoms with van der Waals surface area (Å²) in [5.74, 6) is 0.785. The first-order valence-electron chi connectivity index (χ1n) is 8.29. The molecule has 0 spiro atoms. The van der Waals surface area contributed by atoms with Gasteiger partial charge in [0.25, 0.3) is 0 Å². The molecule has 0 saturated carbocycles. The quantitative estimate of drug-likeness (QED) is 0.835. The van der Waals surface area contributed by atoms with E-state index in [2.05, 4.69) is 17.3 Å². The summed E-state index contributed by atoms with van der Waals surface area (Å²) in [4.78, 5) is 14.2. The van der Waals surface area contributed by atoms with Crippen molar-refractivity contribution in [1.82, 2.24) is 10.2 Å². The lowest BCUT2D eigenvalue weighted by molar-refractivity contribution is -0.126. The third-order valence-electron chi connectivity index (χ3n) is 4.22. The van der Waals surface area contributed by atoms with Crippen molar-refractivity contribution in [2.24, 2.45) is 5.92 Å². The van der Waals surface area contributed by atoms with Crippen molar-refractivity contribution in [3.05, 3.63) is 29.8 Å². The van der Waals surface area contributed by atoms with Crippen molar-refractivity contribution < 1.29 is 14.3 Å². The predicted molar refractivity (Wildman–Crippen MR) is 90.5 cm³/mol. The van der Waals surface area contributed by atoms with E-state index in [1.807, 2.05) is 31.2 Å². The van der Waals surface area contributed by atoms with E-state index < -0.39 is 0 Å². The molecule has 1 aliphatic rings. The Balaban J connectivity index is 1.77. The highest BCUT2D eigenvalue weighted by Gasteiger charge is 2.18. The lowest BCUT2D eigenvalue weighted by Crippen LogP contribution is -2.35. The molecule has 1 aromatic rings. The summed E-state index contributed by atoms with van der Waals surface area (Å²) >= 11 is 0. The van der Waals surface area contributed by atoms with Crippen molar-refractivity contribution in [1.29, 1.82) is 0 Å². The lowest BCUT2D eigenvalue weighted by Gasteiger charge is -2.29. The molecular formula is C18H28N2O3. The third kappa shape index (κ3) is 5.84. The van der Waals surface area contributed by atoms with Gasteiger partial charge in [0.05, 0.1) is 12.5 Å². The first-order valence-corrected chi connectivity index (χ1v) is 8.29. The summed E-state index contributed by atoms with van der Waals surface area (Å²) in [6.07, 6.45) is 2.46. The predicted octanol–water partition coefficient (Wildman–Crippen LogP) is 2.06. The van der Waals surface area contributed by atoms with E-state index in [9.17, 15) is 4.79 Å². The number of hydrogen-bond acceptors (Lipinski definition) is 4. The van der Waals surface area contributed by atoms with Crippen molar-refractivity contribution in [2.45, 2.75) is 32.4 Å². The number of rotatable bonds is 7. The Bertz CT molecular complexity index is 482. The maximum absolute atomic E-state index is 11.8. The highest BCUT2D eigenvalue weighted by molar-refractivity contribution is 5.78. The number of likely N-dealkylation sites (tertiary alicyclic amines) is 1. The molecule has 128 valence electrons. The number of carbonyl (C=O) groups excluding carboxylic acids is 1. The molecule has 0 unspecified atom stereocenters. The standard InChI is InChI=1S/C18H28N2O3/c1-14(13-22-3)18(21)19-12-15-4-6-16(7-5-15)23-17-8-10-20(2)11-9-17/h4-7,14,17H,8-13H2,1-3H3,(H,19,21)/t14-/m1/s1. The van der Waals surface area contributed by atoms with Gasteiger partial charge in [0.1, 0.15) is 11.9 Å². The second-order valence-corrected chi connectivity index (χ2v) is 6.34. The number of ether oxygens (including phenoxy) is 2. The Morgan fingerprint density at radius 1 is 1.30 bits per heavy atom. The van der Waals surface area contributed by atoms with Crippen LogP contribution in [0.5, 0.6) is 5.75 Å². The summed E-state index contributed by atoms with van der Waals surface area (Å²) in [6.45, 7) is 5.01. The Morgan fingerprint density at radius 3 is 2.57 bits per heavy atom. The van der Waals surface area contributed by atoms with Gasteiger partial charge in [-0.05, 0) is 37.6 Å². The van der Waals surface area contributed by atoms with Crippen LogP contribution < -0.4 is 10.1 Å². The summed E-state index contributed by atoms with van der Waals surface area (Å²) < 4.78 is 11.0. The van der Waals surface area contributed by atoms with E-state index in [4.69, 9.17) is 9.47 Å². The fourth-order valence-electron chi connectivity index (χ4n) is 2.67. The van der Waals surface area contributed by atoms with Gasteiger partial charge >= 0.3 is 0 Å². The maximum Gasteiger partial charge on any atom is 0.225 e. The highest BCUT2D eigenvalue weighted by Crippen LogP contribution is 2.19. The molecular weight excluding hydrogens is 292 g/mol. The van der Waals surface area contributed by atoms with Gasteiger partial charge in [-0.2, -0.15) is 0 Å². The SMILES string of the molecule is COC[C@@H](C)C(=O)NCc1ccc(OC2CCN(C)CC2)cc1. The monoisotopic (exact) mass is 320 g/mol. The molecule has 0 bridgehead atoms. The number of nitrogens with zero attached hydrogens (tertiary/aromatic N) is 1. The Hall–Kier alpha value is -1.59. The minimum atomic E-state index is -0.132. The number of nitrogens with one attached hydrogen (secondary N) is 1. The lowest BCUT2D eigenvalue weighted by atomic mass is 10.1. The normalized spacial score (nSPS) is 17.7. The van der Waals surface area contributed by atoms with Gasteiger partial charge < -0.3 is 19.7 Å². The minimum absolute atomic E-state index is 0.0125. The van der Waals surface area contributed by atoms with E-state index in [1.165, 1.54) is 0 Å². The van der Waals surface area contributed by atoms with Gasteiger partial charge in [-0.15, -0.1) is 0 Å². The number of carbonyl (C=O) groups is 1. The first kappa shape index (κ1) is 17.8. The molecule has 1 amide bonds. The third-order valence-corrected chi connectivity index (χ3v) is 4.22. The number of hydrogen-bond donors (Lipinski definition) is 1. The molecule has 1 atom stereocenters. The van der Waals surface area contributed by atoms with Crippen LogP contribution in [0, 0.1) is 5.92 Å². The zero-order chi connectivity index (χ0) is 16.7. The number of piperidine rings is 1. The van der Waals surface area contributed by atoms with Gasteiger partial charge in [-0.25, -0.2) is 0 Å². The topological polar surface area (TPSA) is 50.8 Å². The molecule has 0 radical (unpaired) electrons. The number of methoxy groups -OCH3 is 1. The van der Waals surface area contributed by atoms with Crippen molar-refractivity contribution in [2.75, 3.05) is 33.9 Å². The molecule has 5 nitrogen and oxygen atoms in total. The molecule has 1 N–H and O–H groups in total. The van der Waals surface area contributed by atoms with Crippen LogP contribution in [0.15, 0.2) is 24.3 Å². The average Bonchev–Trinajstić information content (AvgIpc) is 2.56. The molecule has 1 saturated heterocycles. The summed E-state index contributed by atoms with van der Waals surface area (Å²) in [5.41, 5.74) is 1.07. The summed E-state index contributed by atoms with van der Waals surface area (Å²) in [5, 5.41) is 2.92. The summed E-state index contributed by atoms with van der Waals surface area (Å²) in [6, 6.07) is 7.98. The van der Waals surface area contributed by atoms with Crippen molar-refractivity contribution >= 4 is 5.91 Å². The van der Waals surface area contributed by atoms with Gasteiger partial charge in [-0.1, -0.05) is 19.1 Å². The largest absolute Gasteiger partial charge is 0.490 e. The second kappa shape index (κ2) is 8.89. The molecule has 5 heteroatoms. The first-order chi connectivity index (χ1) is 11.1. The van der Waals surface area contributed by atoms with E-state index >= 15 is 0 Å². The summed E-state index contributed by atoms with van der Waals surface area (Å²) in [7, 11) is 3.75. The van der Waals surface area contributed by atoms with Gasteiger partial charge in [-0.3, -0.25) is 4.79 Å². The average molecular weight is 320 g/mol. The van der Waals surface area contributed by atoms with Gasteiger partial charge in [0.15, 0.2) is 0 Å². The fraction of sp³-hybridized carbons (Fsp3) is 0.611. The van der Waals surface area contributed by atoms with Crippen LogP contribution in [0.1, 0.15) is 25.3 Å². The highest BCUT2D eigenvalue weighted by atomic mass is 16.5.